The SMILES string of the molecule is COc1ccc(N2C[C@H](NC(=O)c3nc4ccccc4[nH]3)CC2=O)cc1. The average Bonchev–Trinajstić information content (AvgIpc) is 3.25. The van der Waals surface area contributed by atoms with Crippen molar-refractivity contribution < 1.29 is 14.3 Å². The molecule has 0 radical (unpaired) electrons. The van der Waals surface area contributed by atoms with Crippen molar-refractivity contribution in [2.24, 2.45) is 0 Å². The molecule has 7 nitrogen and oxygen atoms in total. The lowest BCUT2D eigenvalue weighted by atomic mass is 10.2. The number of H-pyrrole nitrogens is 1. The second-order valence-corrected chi connectivity index (χ2v) is 6.18. The molecule has 0 spiro atoms. The Balaban J connectivity index is 1.45. The van der Waals surface area contributed by atoms with Crippen LogP contribution in [0.5, 0.6) is 5.75 Å². The lowest BCUT2D eigenvalue weighted by molar-refractivity contribution is -0.117. The van der Waals surface area contributed by atoms with Crippen LogP contribution >= 0.6 is 0 Å². The maximum atomic E-state index is 12.5. The van der Waals surface area contributed by atoms with Crippen molar-refractivity contribution >= 4 is 28.5 Å². The molecule has 1 atom stereocenters. The van der Waals surface area contributed by atoms with E-state index in [9.17, 15) is 9.59 Å². The first kappa shape index (κ1) is 16.1. The summed E-state index contributed by atoms with van der Waals surface area (Å²) in [6, 6.07) is 14.5. The van der Waals surface area contributed by atoms with Gasteiger partial charge in [0.1, 0.15) is 5.75 Å². The second-order valence-electron chi connectivity index (χ2n) is 6.18. The Hall–Kier alpha value is -3.35. The Labute approximate surface area is 150 Å². The molecule has 2 heterocycles. The normalized spacial score (nSPS) is 16.9. The molecule has 1 aromatic heterocycles. The average molecular weight is 350 g/mol. The van der Waals surface area contributed by atoms with Gasteiger partial charge in [0.2, 0.25) is 5.91 Å². The Morgan fingerprint density at radius 2 is 2.00 bits per heavy atom. The minimum absolute atomic E-state index is 0.0231. The van der Waals surface area contributed by atoms with Crippen molar-refractivity contribution in [3.05, 3.63) is 54.4 Å². The molecule has 2 aromatic carbocycles. The first-order chi connectivity index (χ1) is 12.6. The Bertz CT molecular complexity index is 931. The summed E-state index contributed by atoms with van der Waals surface area (Å²) in [6.07, 6.45) is 0.262. The summed E-state index contributed by atoms with van der Waals surface area (Å²) in [5.74, 6) is 0.650. The maximum Gasteiger partial charge on any atom is 0.287 e. The van der Waals surface area contributed by atoms with Crippen molar-refractivity contribution in [2.45, 2.75) is 12.5 Å². The number of rotatable bonds is 4. The number of methoxy groups -OCH3 is 1. The van der Waals surface area contributed by atoms with E-state index < -0.39 is 0 Å². The van der Waals surface area contributed by atoms with Crippen LogP contribution in [0.25, 0.3) is 11.0 Å². The molecule has 2 N–H and O–H groups in total. The van der Waals surface area contributed by atoms with Crippen LogP contribution in [0.15, 0.2) is 48.5 Å². The van der Waals surface area contributed by atoms with Crippen LogP contribution in [0, 0.1) is 0 Å². The molecule has 4 rings (SSSR count). The quantitative estimate of drug-likeness (QED) is 0.754. The van der Waals surface area contributed by atoms with Gasteiger partial charge in [0, 0.05) is 18.7 Å². The lowest BCUT2D eigenvalue weighted by Gasteiger charge is -2.17. The van der Waals surface area contributed by atoms with Gasteiger partial charge < -0.3 is 19.9 Å². The fourth-order valence-electron chi connectivity index (χ4n) is 3.13. The molecule has 1 aliphatic heterocycles. The molecule has 1 fully saturated rings. The highest BCUT2D eigenvalue weighted by Crippen LogP contribution is 2.24. The summed E-state index contributed by atoms with van der Waals surface area (Å²) >= 11 is 0. The minimum Gasteiger partial charge on any atom is -0.497 e. The van der Waals surface area contributed by atoms with E-state index in [1.165, 1.54) is 0 Å². The van der Waals surface area contributed by atoms with Gasteiger partial charge in [-0.25, -0.2) is 4.98 Å². The number of para-hydroxylation sites is 2. The van der Waals surface area contributed by atoms with Gasteiger partial charge in [-0.1, -0.05) is 12.1 Å². The van der Waals surface area contributed by atoms with E-state index in [2.05, 4.69) is 15.3 Å². The van der Waals surface area contributed by atoms with E-state index in [0.29, 0.717) is 6.54 Å². The molecule has 0 aliphatic carbocycles. The molecule has 7 heteroatoms. The number of hydrogen-bond donors (Lipinski definition) is 2. The molecule has 1 aliphatic rings. The van der Waals surface area contributed by atoms with Crippen LogP contribution < -0.4 is 15.0 Å². The number of aromatic amines is 1. The fourth-order valence-corrected chi connectivity index (χ4v) is 3.13. The molecule has 2 amide bonds. The van der Waals surface area contributed by atoms with Gasteiger partial charge in [0.15, 0.2) is 5.82 Å². The van der Waals surface area contributed by atoms with Gasteiger partial charge in [0.05, 0.1) is 24.2 Å². The van der Waals surface area contributed by atoms with Crippen molar-refractivity contribution in [1.29, 1.82) is 0 Å². The van der Waals surface area contributed by atoms with Gasteiger partial charge in [-0.2, -0.15) is 0 Å². The number of carbonyl (C=O) groups excluding carboxylic acids is 2. The highest BCUT2D eigenvalue weighted by molar-refractivity contribution is 5.98. The third-order valence-electron chi connectivity index (χ3n) is 4.45. The number of fused-ring (bicyclic) bond motifs is 1. The van der Waals surface area contributed by atoms with Crippen LogP contribution in [0.3, 0.4) is 0 Å². The van der Waals surface area contributed by atoms with Gasteiger partial charge >= 0.3 is 0 Å². The van der Waals surface area contributed by atoms with Gasteiger partial charge in [-0.15, -0.1) is 0 Å². The fraction of sp³-hybridized carbons (Fsp3) is 0.211. The number of nitrogens with zero attached hydrogens (tertiary/aromatic N) is 2. The topological polar surface area (TPSA) is 87.3 Å². The molecular formula is C19H18N4O3. The molecular weight excluding hydrogens is 332 g/mol. The molecule has 0 unspecified atom stereocenters. The lowest BCUT2D eigenvalue weighted by Crippen LogP contribution is -2.37. The monoisotopic (exact) mass is 350 g/mol. The first-order valence-electron chi connectivity index (χ1n) is 8.34. The van der Waals surface area contributed by atoms with Gasteiger partial charge in [0.25, 0.3) is 5.91 Å². The van der Waals surface area contributed by atoms with Crippen LogP contribution in [0.2, 0.25) is 0 Å². The first-order valence-corrected chi connectivity index (χ1v) is 8.34. The van der Waals surface area contributed by atoms with Gasteiger partial charge in [-0.3, -0.25) is 9.59 Å². The molecule has 26 heavy (non-hydrogen) atoms. The summed E-state index contributed by atoms with van der Waals surface area (Å²) in [4.78, 5) is 33.7. The van der Waals surface area contributed by atoms with E-state index >= 15 is 0 Å². The number of carbonyl (C=O) groups is 2. The van der Waals surface area contributed by atoms with Crippen molar-refractivity contribution in [3.63, 3.8) is 0 Å². The summed E-state index contributed by atoms with van der Waals surface area (Å²) in [5.41, 5.74) is 2.33. The highest BCUT2D eigenvalue weighted by Gasteiger charge is 2.32. The van der Waals surface area contributed by atoms with E-state index in [-0.39, 0.29) is 30.1 Å². The molecule has 0 bridgehead atoms. The molecule has 0 saturated carbocycles. The standard InChI is InChI=1S/C19H18N4O3/c1-26-14-8-6-13(7-9-14)23-11-12(10-17(23)24)20-19(25)18-21-15-4-2-3-5-16(15)22-18/h2-9,12H,10-11H2,1H3,(H,20,25)(H,21,22)/t12-/m1/s1. The smallest absolute Gasteiger partial charge is 0.287 e. The Morgan fingerprint density at radius 3 is 2.73 bits per heavy atom. The second kappa shape index (κ2) is 6.51. The van der Waals surface area contributed by atoms with Crippen LogP contribution in [0.1, 0.15) is 17.0 Å². The predicted molar refractivity (Wildman–Crippen MR) is 97.3 cm³/mol. The number of benzene rings is 2. The third-order valence-corrected chi connectivity index (χ3v) is 4.45. The Kier molecular flexibility index (Phi) is 4.04. The molecule has 132 valence electrons. The van der Waals surface area contributed by atoms with Gasteiger partial charge in [-0.05, 0) is 36.4 Å². The number of anilines is 1. The zero-order valence-corrected chi connectivity index (χ0v) is 14.2. The van der Waals surface area contributed by atoms with E-state index in [1.807, 2.05) is 48.5 Å². The highest BCUT2D eigenvalue weighted by atomic mass is 16.5. The van der Waals surface area contributed by atoms with Crippen molar-refractivity contribution in [1.82, 2.24) is 15.3 Å². The number of imidazole rings is 1. The van der Waals surface area contributed by atoms with Crippen LogP contribution in [-0.2, 0) is 4.79 Å². The largest absolute Gasteiger partial charge is 0.497 e. The number of ether oxygens (including phenoxy) is 1. The zero-order chi connectivity index (χ0) is 18.1. The zero-order valence-electron chi connectivity index (χ0n) is 14.2. The molecule has 1 saturated heterocycles. The van der Waals surface area contributed by atoms with E-state index in [4.69, 9.17) is 4.74 Å². The number of hydrogen-bond acceptors (Lipinski definition) is 4. The maximum absolute atomic E-state index is 12.5. The van der Waals surface area contributed by atoms with E-state index in [0.717, 1.165) is 22.5 Å². The third kappa shape index (κ3) is 2.99. The summed E-state index contributed by atoms with van der Waals surface area (Å²) in [7, 11) is 1.60. The summed E-state index contributed by atoms with van der Waals surface area (Å²) in [5, 5.41) is 2.89. The summed E-state index contributed by atoms with van der Waals surface area (Å²) in [6.45, 7) is 0.428. The minimum atomic E-state index is -0.310. The van der Waals surface area contributed by atoms with Crippen LogP contribution in [0.4, 0.5) is 5.69 Å². The number of amides is 2. The summed E-state index contributed by atoms with van der Waals surface area (Å²) < 4.78 is 5.14. The number of nitrogens with one attached hydrogen (secondary N) is 2. The van der Waals surface area contributed by atoms with E-state index in [1.54, 1.807) is 12.0 Å². The van der Waals surface area contributed by atoms with Crippen molar-refractivity contribution in [3.8, 4) is 5.75 Å². The Morgan fingerprint density at radius 1 is 1.23 bits per heavy atom. The van der Waals surface area contributed by atoms with Crippen molar-refractivity contribution in [2.75, 3.05) is 18.6 Å². The predicted octanol–water partition coefficient (Wildman–Crippen LogP) is 2.11. The van der Waals surface area contributed by atoms with Crippen LogP contribution in [-0.4, -0.2) is 41.5 Å². The molecule has 3 aromatic rings. The number of aromatic nitrogens is 2.